The quantitative estimate of drug-likeness (QED) is 0.661. The number of ether oxygens (including phenoxy) is 1. The van der Waals surface area contributed by atoms with E-state index in [0.717, 1.165) is 6.07 Å². The van der Waals surface area contributed by atoms with Crippen molar-refractivity contribution < 1.29 is 18.1 Å². The molecule has 0 fully saturated rings. The third-order valence-electron chi connectivity index (χ3n) is 2.95. The first-order valence-corrected chi connectivity index (χ1v) is 7.71. The fourth-order valence-corrected chi connectivity index (χ4v) is 2.95. The Morgan fingerprint density at radius 1 is 1.26 bits per heavy atom. The van der Waals surface area contributed by atoms with Gasteiger partial charge in [0.15, 0.2) is 5.75 Å². The molecule has 0 amide bonds. The maximum absolute atomic E-state index is 12.4. The SMILES string of the molecule is COc1ccc(S(=O)(=O)Nc2ccccc2C#N)cc1[N+](=O)[O-]. The Bertz CT molecular complexity index is 903. The molecule has 2 aromatic carbocycles. The molecule has 0 saturated carbocycles. The van der Waals surface area contributed by atoms with E-state index in [1.807, 2.05) is 6.07 Å². The summed E-state index contributed by atoms with van der Waals surface area (Å²) >= 11 is 0. The van der Waals surface area contributed by atoms with Crippen LogP contribution in [0.1, 0.15) is 5.56 Å². The van der Waals surface area contributed by atoms with Crippen LogP contribution in [0.5, 0.6) is 5.75 Å². The van der Waals surface area contributed by atoms with Crippen molar-refractivity contribution >= 4 is 21.4 Å². The van der Waals surface area contributed by atoms with Crippen LogP contribution in [0.25, 0.3) is 0 Å². The van der Waals surface area contributed by atoms with E-state index < -0.39 is 20.6 Å². The normalized spacial score (nSPS) is 10.6. The van der Waals surface area contributed by atoms with Gasteiger partial charge < -0.3 is 4.74 Å². The molecule has 2 aromatic rings. The topological polar surface area (TPSA) is 122 Å². The van der Waals surface area contributed by atoms with Crippen LogP contribution in [0.3, 0.4) is 0 Å². The maximum Gasteiger partial charge on any atom is 0.312 e. The summed E-state index contributed by atoms with van der Waals surface area (Å²) in [6.07, 6.45) is 0. The van der Waals surface area contributed by atoms with Gasteiger partial charge in [0.2, 0.25) is 0 Å². The molecule has 2 rings (SSSR count). The first kappa shape index (κ1) is 16.3. The van der Waals surface area contributed by atoms with E-state index >= 15 is 0 Å². The molecule has 0 aliphatic rings. The summed E-state index contributed by atoms with van der Waals surface area (Å²) < 4.78 is 31.8. The van der Waals surface area contributed by atoms with E-state index in [2.05, 4.69) is 4.72 Å². The van der Waals surface area contributed by atoms with E-state index in [4.69, 9.17) is 10.00 Å². The lowest BCUT2D eigenvalue weighted by Crippen LogP contribution is -2.14. The lowest BCUT2D eigenvalue weighted by Gasteiger charge is -2.10. The van der Waals surface area contributed by atoms with Gasteiger partial charge in [-0.3, -0.25) is 14.8 Å². The highest BCUT2D eigenvalue weighted by atomic mass is 32.2. The van der Waals surface area contributed by atoms with Crippen molar-refractivity contribution in [3.05, 3.63) is 58.1 Å². The number of rotatable bonds is 5. The van der Waals surface area contributed by atoms with E-state index in [1.54, 1.807) is 12.1 Å². The molecule has 9 heteroatoms. The first-order valence-electron chi connectivity index (χ1n) is 6.23. The Balaban J connectivity index is 2.46. The van der Waals surface area contributed by atoms with Gasteiger partial charge in [0.25, 0.3) is 10.0 Å². The number of methoxy groups -OCH3 is 1. The Kier molecular flexibility index (Phi) is 4.47. The number of nitrogens with zero attached hydrogens (tertiary/aromatic N) is 2. The number of sulfonamides is 1. The monoisotopic (exact) mass is 333 g/mol. The molecule has 0 bridgehead atoms. The molecule has 0 radical (unpaired) electrons. The molecule has 0 aliphatic carbocycles. The molecule has 0 aliphatic heterocycles. The van der Waals surface area contributed by atoms with E-state index in [0.29, 0.717) is 0 Å². The van der Waals surface area contributed by atoms with Crippen molar-refractivity contribution in [2.24, 2.45) is 0 Å². The number of nitrogens with one attached hydrogen (secondary N) is 1. The predicted molar refractivity (Wildman–Crippen MR) is 81.6 cm³/mol. The minimum absolute atomic E-state index is 0.0497. The molecule has 0 saturated heterocycles. The highest BCUT2D eigenvalue weighted by molar-refractivity contribution is 7.92. The molecular formula is C14H11N3O5S. The largest absolute Gasteiger partial charge is 0.490 e. The van der Waals surface area contributed by atoms with Gasteiger partial charge >= 0.3 is 5.69 Å². The lowest BCUT2D eigenvalue weighted by atomic mass is 10.2. The van der Waals surface area contributed by atoms with Crippen LogP contribution in [0.4, 0.5) is 11.4 Å². The second-order valence-corrected chi connectivity index (χ2v) is 6.04. The van der Waals surface area contributed by atoms with Crippen molar-refractivity contribution in [2.45, 2.75) is 4.90 Å². The van der Waals surface area contributed by atoms with Gasteiger partial charge in [-0.1, -0.05) is 12.1 Å². The number of hydrogen-bond acceptors (Lipinski definition) is 6. The second kappa shape index (κ2) is 6.33. The third kappa shape index (κ3) is 3.38. The van der Waals surface area contributed by atoms with Gasteiger partial charge in [0, 0.05) is 6.07 Å². The van der Waals surface area contributed by atoms with Crippen molar-refractivity contribution in [2.75, 3.05) is 11.8 Å². The average molecular weight is 333 g/mol. The van der Waals surface area contributed by atoms with E-state index in [1.165, 1.54) is 31.4 Å². The molecule has 0 aromatic heterocycles. The zero-order chi connectivity index (χ0) is 17.0. The molecule has 8 nitrogen and oxygen atoms in total. The molecule has 0 atom stereocenters. The zero-order valence-corrected chi connectivity index (χ0v) is 12.7. The summed E-state index contributed by atoms with van der Waals surface area (Å²) in [5.41, 5.74) is -0.239. The minimum atomic E-state index is -4.09. The highest BCUT2D eigenvalue weighted by Crippen LogP contribution is 2.30. The number of nitriles is 1. The van der Waals surface area contributed by atoms with Gasteiger partial charge in [-0.15, -0.1) is 0 Å². The van der Waals surface area contributed by atoms with Crippen molar-refractivity contribution in [3.63, 3.8) is 0 Å². The summed E-state index contributed by atoms with van der Waals surface area (Å²) in [7, 11) is -2.84. The fraction of sp³-hybridized carbons (Fsp3) is 0.0714. The van der Waals surface area contributed by atoms with Crippen molar-refractivity contribution in [1.29, 1.82) is 5.26 Å². The molecule has 0 heterocycles. The fourth-order valence-electron chi connectivity index (χ4n) is 1.85. The van der Waals surface area contributed by atoms with Crippen molar-refractivity contribution in [1.82, 2.24) is 0 Å². The molecule has 1 N–H and O–H groups in total. The summed E-state index contributed by atoms with van der Waals surface area (Å²) in [5, 5.41) is 20.0. The number of nitro groups is 1. The third-order valence-corrected chi connectivity index (χ3v) is 4.31. The zero-order valence-electron chi connectivity index (χ0n) is 11.9. The van der Waals surface area contributed by atoms with Crippen LogP contribution in [-0.4, -0.2) is 20.5 Å². The molecule has 0 unspecified atom stereocenters. The standard InChI is InChI=1S/C14H11N3O5S/c1-22-14-7-6-11(8-13(14)17(18)19)23(20,21)16-12-5-3-2-4-10(12)9-15/h2-8,16H,1H3. The van der Waals surface area contributed by atoms with E-state index in [-0.39, 0.29) is 21.9 Å². The molecule has 118 valence electrons. The smallest absolute Gasteiger partial charge is 0.312 e. The van der Waals surface area contributed by atoms with Crippen LogP contribution in [0, 0.1) is 21.4 Å². The number of nitro benzene ring substituents is 1. The summed E-state index contributed by atoms with van der Waals surface area (Å²) in [6.45, 7) is 0. The molecular weight excluding hydrogens is 322 g/mol. The summed E-state index contributed by atoms with van der Waals surface area (Å²) in [4.78, 5) is 9.94. The van der Waals surface area contributed by atoms with Gasteiger partial charge in [-0.25, -0.2) is 8.42 Å². The minimum Gasteiger partial charge on any atom is -0.490 e. The van der Waals surface area contributed by atoms with Crippen LogP contribution in [0.15, 0.2) is 47.4 Å². The van der Waals surface area contributed by atoms with Gasteiger partial charge in [-0.05, 0) is 24.3 Å². The molecule has 23 heavy (non-hydrogen) atoms. The summed E-state index contributed by atoms with van der Waals surface area (Å²) in [6, 6.07) is 11.2. The maximum atomic E-state index is 12.4. The van der Waals surface area contributed by atoms with Gasteiger partial charge in [0.1, 0.15) is 6.07 Å². The number of benzene rings is 2. The van der Waals surface area contributed by atoms with Crippen molar-refractivity contribution in [3.8, 4) is 11.8 Å². The highest BCUT2D eigenvalue weighted by Gasteiger charge is 2.22. The Morgan fingerprint density at radius 3 is 2.57 bits per heavy atom. The van der Waals surface area contributed by atoms with E-state index in [9.17, 15) is 18.5 Å². The average Bonchev–Trinajstić information content (AvgIpc) is 2.54. The second-order valence-electron chi connectivity index (χ2n) is 4.35. The molecule has 0 spiro atoms. The van der Waals surface area contributed by atoms with Crippen LogP contribution >= 0.6 is 0 Å². The number of para-hydroxylation sites is 1. The Labute approximate surface area is 132 Å². The predicted octanol–water partition coefficient (Wildman–Crippen LogP) is 2.28. The van der Waals surface area contributed by atoms with Gasteiger partial charge in [-0.2, -0.15) is 5.26 Å². The van der Waals surface area contributed by atoms with Gasteiger partial charge in [0.05, 0.1) is 28.2 Å². The summed E-state index contributed by atoms with van der Waals surface area (Å²) in [5.74, 6) is -0.0497. The lowest BCUT2D eigenvalue weighted by molar-refractivity contribution is -0.386. The first-order chi connectivity index (χ1) is 10.9. The van der Waals surface area contributed by atoms with Crippen LogP contribution in [0.2, 0.25) is 0 Å². The number of anilines is 1. The Hall–Kier alpha value is -3.12. The van der Waals surface area contributed by atoms with Crippen LogP contribution in [-0.2, 0) is 10.0 Å². The number of hydrogen-bond donors (Lipinski definition) is 1. The Morgan fingerprint density at radius 2 is 1.96 bits per heavy atom. The van der Waals surface area contributed by atoms with Crippen LogP contribution < -0.4 is 9.46 Å².